The summed E-state index contributed by atoms with van der Waals surface area (Å²) in [6.07, 6.45) is 6.38. The molecule has 0 atom stereocenters. The first-order valence-corrected chi connectivity index (χ1v) is 7.67. The van der Waals surface area contributed by atoms with Gasteiger partial charge in [-0.3, -0.25) is 0 Å². The summed E-state index contributed by atoms with van der Waals surface area (Å²) >= 11 is 1.53. The molecule has 0 aromatic carbocycles. The first kappa shape index (κ1) is 14.8. The summed E-state index contributed by atoms with van der Waals surface area (Å²) < 4.78 is 1.89. The van der Waals surface area contributed by atoms with Crippen molar-refractivity contribution in [1.82, 2.24) is 24.7 Å². The highest BCUT2D eigenvalue weighted by Crippen LogP contribution is 2.30. The maximum absolute atomic E-state index is 4.41. The second-order valence-corrected chi connectivity index (χ2v) is 5.47. The Hall–Kier alpha value is -1.63. The van der Waals surface area contributed by atoms with E-state index in [1.54, 1.807) is 12.7 Å². The fourth-order valence-corrected chi connectivity index (χ4v) is 2.68. The smallest absolute Gasteiger partial charge is 0.197 e. The van der Waals surface area contributed by atoms with Crippen LogP contribution in [0.5, 0.6) is 0 Å². The van der Waals surface area contributed by atoms with Crippen molar-refractivity contribution >= 4 is 17.6 Å². The van der Waals surface area contributed by atoms with Crippen LogP contribution in [0.4, 0.5) is 5.82 Å². The van der Waals surface area contributed by atoms with Crippen LogP contribution in [0.3, 0.4) is 0 Å². The van der Waals surface area contributed by atoms with Crippen molar-refractivity contribution in [3.63, 3.8) is 0 Å². The van der Waals surface area contributed by atoms with E-state index in [0.717, 1.165) is 47.4 Å². The number of nitrogens with zero attached hydrogens (tertiary/aromatic N) is 5. The van der Waals surface area contributed by atoms with Crippen LogP contribution < -0.4 is 5.32 Å². The number of aromatic nitrogens is 5. The summed E-state index contributed by atoms with van der Waals surface area (Å²) in [5.74, 6) is 0.938. The normalized spacial score (nSPS) is 10.8. The molecular weight excluding hydrogens is 272 g/mol. The molecule has 0 radical (unpaired) electrons. The van der Waals surface area contributed by atoms with Crippen LogP contribution in [-0.4, -0.2) is 31.3 Å². The molecule has 7 heteroatoms. The third-order valence-corrected chi connectivity index (χ3v) is 3.90. The summed E-state index contributed by atoms with van der Waals surface area (Å²) in [5.41, 5.74) is 1.16. The lowest BCUT2D eigenvalue weighted by Crippen LogP contribution is -2.07. The summed E-state index contributed by atoms with van der Waals surface area (Å²) in [4.78, 5) is 8.78. The fraction of sp³-hybridized carbons (Fsp3) is 0.538. The number of hydrogen-bond acceptors (Lipinski definition) is 6. The van der Waals surface area contributed by atoms with Crippen molar-refractivity contribution in [2.45, 2.75) is 43.3 Å². The molecule has 0 saturated carbocycles. The van der Waals surface area contributed by atoms with Crippen LogP contribution >= 0.6 is 11.8 Å². The van der Waals surface area contributed by atoms with Crippen molar-refractivity contribution in [3.05, 3.63) is 18.2 Å². The molecule has 0 spiro atoms. The zero-order valence-corrected chi connectivity index (χ0v) is 12.9. The highest BCUT2D eigenvalue weighted by molar-refractivity contribution is 7.99. The van der Waals surface area contributed by atoms with E-state index in [1.807, 2.05) is 11.6 Å². The molecular formula is C13H20N6S. The third-order valence-electron chi connectivity index (χ3n) is 2.81. The molecule has 0 amide bonds. The minimum absolute atomic E-state index is 0.836. The Morgan fingerprint density at radius 3 is 2.75 bits per heavy atom. The van der Waals surface area contributed by atoms with Crippen molar-refractivity contribution in [1.29, 1.82) is 0 Å². The molecule has 2 heterocycles. The van der Waals surface area contributed by atoms with E-state index in [0.29, 0.717) is 0 Å². The molecule has 1 N–H and O–H groups in total. The molecule has 0 unspecified atom stereocenters. The van der Waals surface area contributed by atoms with Gasteiger partial charge in [-0.15, -0.1) is 10.2 Å². The van der Waals surface area contributed by atoms with Gasteiger partial charge >= 0.3 is 0 Å². The van der Waals surface area contributed by atoms with Crippen LogP contribution in [-0.2, 0) is 13.5 Å². The Kier molecular flexibility index (Phi) is 5.34. The van der Waals surface area contributed by atoms with Gasteiger partial charge in [0.25, 0.3) is 0 Å². The van der Waals surface area contributed by atoms with Gasteiger partial charge in [0.15, 0.2) is 5.16 Å². The third kappa shape index (κ3) is 3.47. The van der Waals surface area contributed by atoms with Crippen molar-refractivity contribution in [2.24, 2.45) is 7.05 Å². The Morgan fingerprint density at radius 2 is 2.10 bits per heavy atom. The fourth-order valence-electron chi connectivity index (χ4n) is 1.81. The van der Waals surface area contributed by atoms with Gasteiger partial charge in [-0.2, -0.15) is 0 Å². The Labute approximate surface area is 123 Å². The van der Waals surface area contributed by atoms with Crippen LogP contribution in [0.25, 0.3) is 0 Å². The second-order valence-electron chi connectivity index (χ2n) is 4.51. The number of rotatable bonds is 7. The van der Waals surface area contributed by atoms with Gasteiger partial charge < -0.3 is 9.88 Å². The van der Waals surface area contributed by atoms with Crippen molar-refractivity contribution in [3.8, 4) is 0 Å². The highest BCUT2D eigenvalue weighted by Gasteiger charge is 2.14. The van der Waals surface area contributed by atoms with Crippen LogP contribution in [0.15, 0.2) is 22.8 Å². The molecule has 2 aromatic rings. The molecule has 0 aliphatic heterocycles. The van der Waals surface area contributed by atoms with Crippen molar-refractivity contribution < 1.29 is 0 Å². The lowest BCUT2D eigenvalue weighted by molar-refractivity contribution is 0.783. The predicted octanol–water partition coefficient (Wildman–Crippen LogP) is 2.53. The predicted molar refractivity (Wildman–Crippen MR) is 79.9 cm³/mol. The average molecular weight is 292 g/mol. The van der Waals surface area contributed by atoms with E-state index in [4.69, 9.17) is 0 Å². The van der Waals surface area contributed by atoms with E-state index >= 15 is 0 Å². The van der Waals surface area contributed by atoms with Gasteiger partial charge in [-0.05, 0) is 24.6 Å². The Morgan fingerprint density at radius 1 is 1.25 bits per heavy atom. The number of anilines is 1. The first-order valence-electron chi connectivity index (χ1n) is 6.85. The molecule has 0 aliphatic carbocycles. The Balaban J connectivity index is 2.28. The highest BCUT2D eigenvalue weighted by atomic mass is 32.2. The maximum Gasteiger partial charge on any atom is 0.197 e. The molecule has 0 aliphatic rings. The number of hydrogen-bond donors (Lipinski definition) is 1. The summed E-state index contributed by atoms with van der Waals surface area (Å²) in [5, 5.41) is 13.2. The monoisotopic (exact) mass is 292 g/mol. The van der Waals surface area contributed by atoms with E-state index in [-0.39, 0.29) is 0 Å². The van der Waals surface area contributed by atoms with E-state index in [9.17, 15) is 0 Å². The quantitative estimate of drug-likeness (QED) is 0.791. The van der Waals surface area contributed by atoms with E-state index in [1.165, 1.54) is 11.8 Å². The maximum atomic E-state index is 4.41. The molecule has 2 aromatic heterocycles. The standard InChI is InChI=1S/C13H20N6S/c1-4-6-10-11(14-7-5-2)15-8-16-12(10)20-13-18-17-9-19(13)3/h8-9H,4-7H2,1-3H3,(H,14,15,16). The SMILES string of the molecule is CCCNc1ncnc(Sc2nncn2C)c1CCC. The molecule has 0 bridgehead atoms. The number of nitrogens with one attached hydrogen (secondary N) is 1. The minimum atomic E-state index is 0.836. The van der Waals surface area contributed by atoms with Gasteiger partial charge in [0.05, 0.1) is 0 Å². The van der Waals surface area contributed by atoms with Gasteiger partial charge in [-0.1, -0.05) is 20.3 Å². The van der Waals surface area contributed by atoms with Crippen LogP contribution in [0.1, 0.15) is 32.3 Å². The molecule has 0 fully saturated rings. The summed E-state index contributed by atoms with van der Waals surface area (Å²) in [7, 11) is 1.93. The summed E-state index contributed by atoms with van der Waals surface area (Å²) in [6, 6.07) is 0. The second kappa shape index (κ2) is 7.23. The van der Waals surface area contributed by atoms with Gasteiger partial charge in [0.2, 0.25) is 0 Å². The van der Waals surface area contributed by atoms with E-state index in [2.05, 4.69) is 39.3 Å². The molecule has 6 nitrogen and oxygen atoms in total. The van der Waals surface area contributed by atoms with Gasteiger partial charge in [0, 0.05) is 19.2 Å². The van der Waals surface area contributed by atoms with Gasteiger partial charge in [0.1, 0.15) is 23.5 Å². The Bertz CT molecular complexity index is 554. The summed E-state index contributed by atoms with van der Waals surface area (Å²) in [6.45, 7) is 5.22. The molecule has 20 heavy (non-hydrogen) atoms. The van der Waals surface area contributed by atoms with Crippen LogP contribution in [0.2, 0.25) is 0 Å². The average Bonchev–Trinajstić information content (AvgIpc) is 2.85. The largest absolute Gasteiger partial charge is 0.370 e. The molecule has 108 valence electrons. The molecule has 0 saturated heterocycles. The topological polar surface area (TPSA) is 68.5 Å². The lowest BCUT2D eigenvalue weighted by Gasteiger charge is -2.12. The van der Waals surface area contributed by atoms with Crippen molar-refractivity contribution in [2.75, 3.05) is 11.9 Å². The zero-order valence-electron chi connectivity index (χ0n) is 12.1. The first-order chi connectivity index (χ1) is 9.76. The number of aryl methyl sites for hydroxylation is 1. The van der Waals surface area contributed by atoms with Crippen LogP contribution in [0, 0.1) is 0 Å². The zero-order chi connectivity index (χ0) is 14.4. The lowest BCUT2D eigenvalue weighted by atomic mass is 10.2. The van der Waals surface area contributed by atoms with Gasteiger partial charge in [-0.25, -0.2) is 9.97 Å². The van der Waals surface area contributed by atoms with E-state index < -0.39 is 0 Å². The minimum Gasteiger partial charge on any atom is -0.370 e. The molecule has 2 rings (SSSR count).